The zero-order valence-electron chi connectivity index (χ0n) is 11.0. The molecule has 0 amide bonds. The van der Waals surface area contributed by atoms with E-state index in [0.717, 1.165) is 21.5 Å². The van der Waals surface area contributed by atoms with Crippen LogP contribution in [0.5, 0.6) is 5.75 Å². The second kappa shape index (κ2) is 7.38. The summed E-state index contributed by atoms with van der Waals surface area (Å²) in [6, 6.07) is 5.91. The fraction of sp³-hybridized carbons (Fsp3) is 0.538. The van der Waals surface area contributed by atoms with Gasteiger partial charge in [-0.3, -0.25) is 0 Å². The summed E-state index contributed by atoms with van der Waals surface area (Å²) < 4.78 is 6.33. The quantitative estimate of drug-likeness (QED) is 0.804. The Balaban J connectivity index is 2.55. The first-order valence-corrected chi connectivity index (χ1v) is 7.91. The van der Waals surface area contributed by atoms with Crippen LogP contribution in [0.15, 0.2) is 22.7 Å². The van der Waals surface area contributed by atoms with Crippen LogP contribution in [0.4, 0.5) is 0 Å². The molecule has 1 aromatic carbocycles. The molecule has 2 N–H and O–H groups in total. The Hall–Kier alpha value is -0.230. The minimum atomic E-state index is -0.682. The summed E-state index contributed by atoms with van der Waals surface area (Å²) in [6.07, 6.45) is 1.99. The lowest BCUT2D eigenvalue weighted by Gasteiger charge is -2.23. The molecule has 1 rings (SSSR count). The molecule has 1 aromatic rings. The maximum atomic E-state index is 10.0. The Morgan fingerprint density at radius 3 is 2.83 bits per heavy atom. The number of ether oxygens (including phenoxy) is 1. The van der Waals surface area contributed by atoms with Gasteiger partial charge in [-0.1, -0.05) is 15.9 Å². The molecule has 0 aliphatic carbocycles. The third-order valence-electron chi connectivity index (χ3n) is 2.52. The summed E-state index contributed by atoms with van der Waals surface area (Å²) in [4.78, 5) is 0. The van der Waals surface area contributed by atoms with E-state index in [-0.39, 0.29) is 0 Å². The van der Waals surface area contributed by atoms with Crippen molar-refractivity contribution in [3.8, 4) is 5.75 Å². The molecule has 5 heteroatoms. The Bertz CT molecular complexity index is 385. The second-order valence-corrected chi connectivity index (χ2v) is 6.27. The number of aliphatic hydroxyl groups is 1. The first-order valence-electron chi connectivity index (χ1n) is 5.73. The third-order valence-corrected chi connectivity index (χ3v) is 3.92. The largest absolute Gasteiger partial charge is 0.496 e. The summed E-state index contributed by atoms with van der Waals surface area (Å²) in [5, 5.41) is 13.3. The number of methoxy groups -OCH3 is 1. The highest BCUT2D eigenvalue weighted by Crippen LogP contribution is 2.22. The molecule has 1 atom stereocenters. The number of nitrogens with one attached hydrogen (secondary N) is 1. The van der Waals surface area contributed by atoms with Crippen LogP contribution in [0.1, 0.15) is 12.5 Å². The van der Waals surface area contributed by atoms with Gasteiger partial charge in [-0.2, -0.15) is 11.8 Å². The fourth-order valence-corrected chi connectivity index (χ4v) is 2.85. The Morgan fingerprint density at radius 2 is 2.22 bits per heavy atom. The van der Waals surface area contributed by atoms with Gasteiger partial charge in [0.25, 0.3) is 0 Å². The number of halogens is 1. The molecule has 18 heavy (non-hydrogen) atoms. The smallest absolute Gasteiger partial charge is 0.123 e. The van der Waals surface area contributed by atoms with Crippen molar-refractivity contribution in [1.29, 1.82) is 0 Å². The molecule has 0 spiro atoms. The predicted octanol–water partition coefficient (Wildman–Crippen LogP) is 2.66. The van der Waals surface area contributed by atoms with E-state index in [4.69, 9.17) is 4.74 Å². The molecule has 0 radical (unpaired) electrons. The van der Waals surface area contributed by atoms with Crippen LogP contribution in [0, 0.1) is 0 Å². The lowest BCUT2D eigenvalue weighted by molar-refractivity contribution is 0.0845. The molecule has 0 heterocycles. The van der Waals surface area contributed by atoms with E-state index in [2.05, 4.69) is 21.2 Å². The van der Waals surface area contributed by atoms with Gasteiger partial charge in [-0.15, -0.1) is 0 Å². The molecule has 0 fully saturated rings. The van der Waals surface area contributed by atoms with Crippen LogP contribution in [-0.2, 0) is 6.54 Å². The molecular formula is C13H20BrNO2S. The first-order chi connectivity index (χ1) is 8.48. The van der Waals surface area contributed by atoms with E-state index in [1.807, 2.05) is 31.4 Å². The maximum absolute atomic E-state index is 10.0. The highest BCUT2D eigenvalue weighted by atomic mass is 79.9. The number of thioether (sulfide) groups is 1. The van der Waals surface area contributed by atoms with Crippen molar-refractivity contribution in [3.63, 3.8) is 0 Å². The van der Waals surface area contributed by atoms with Crippen molar-refractivity contribution in [3.05, 3.63) is 28.2 Å². The van der Waals surface area contributed by atoms with Gasteiger partial charge in [-0.25, -0.2) is 0 Å². The zero-order chi connectivity index (χ0) is 13.6. The highest BCUT2D eigenvalue weighted by Gasteiger charge is 2.18. The van der Waals surface area contributed by atoms with Gasteiger partial charge < -0.3 is 15.2 Å². The third kappa shape index (κ3) is 5.18. The number of benzene rings is 1. The summed E-state index contributed by atoms with van der Waals surface area (Å²) in [5.41, 5.74) is 0.394. The van der Waals surface area contributed by atoms with Crippen LogP contribution >= 0.6 is 27.7 Å². The second-order valence-electron chi connectivity index (χ2n) is 4.49. The van der Waals surface area contributed by atoms with Crippen molar-refractivity contribution >= 4 is 27.7 Å². The molecule has 0 saturated heterocycles. The van der Waals surface area contributed by atoms with E-state index in [0.29, 0.717) is 13.1 Å². The average molecular weight is 334 g/mol. The minimum absolute atomic E-state index is 0.559. The monoisotopic (exact) mass is 333 g/mol. The van der Waals surface area contributed by atoms with Gasteiger partial charge in [0.15, 0.2) is 0 Å². The molecule has 3 nitrogen and oxygen atoms in total. The van der Waals surface area contributed by atoms with Gasteiger partial charge in [-0.05, 0) is 31.4 Å². The van der Waals surface area contributed by atoms with E-state index in [1.54, 1.807) is 18.9 Å². The molecule has 0 aromatic heterocycles. The van der Waals surface area contributed by atoms with Crippen molar-refractivity contribution in [2.45, 2.75) is 19.1 Å². The lowest BCUT2D eigenvalue weighted by atomic mass is 10.1. The Labute approximate surface area is 121 Å². The van der Waals surface area contributed by atoms with E-state index < -0.39 is 5.60 Å². The van der Waals surface area contributed by atoms with Gasteiger partial charge in [0.05, 0.1) is 12.7 Å². The SMILES string of the molecule is COc1ccc(Br)cc1CNCC(C)(O)CSC. The van der Waals surface area contributed by atoms with Gasteiger partial charge in [0.2, 0.25) is 0 Å². The number of rotatable bonds is 7. The van der Waals surface area contributed by atoms with E-state index in [1.165, 1.54) is 0 Å². The average Bonchev–Trinajstić information content (AvgIpc) is 2.29. The number of hydrogen-bond donors (Lipinski definition) is 2. The van der Waals surface area contributed by atoms with Gasteiger partial charge in [0, 0.05) is 28.9 Å². The molecule has 0 bridgehead atoms. The van der Waals surface area contributed by atoms with Crippen molar-refractivity contribution in [2.24, 2.45) is 0 Å². The Kier molecular flexibility index (Phi) is 6.49. The standard InChI is InChI=1S/C13H20BrNO2S/c1-13(16,9-18-3)8-15-7-10-6-11(14)4-5-12(10)17-2/h4-6,15-16H,7-9H2,1-3H3. The molecule has 0 aliphatic rings. The maximum Gasteiger partial charge on any atom is 0.123 e. The van der Waals surface area contributed by atoms with Crippen molar-refractivity contribution < 1.29 is 9.84 Å². The van der Waals surface area contributed by atoms with Crippen LogP contribution in [0.25, 0.3) is 0 Å². The van der Waals surface area contributed by atoms with E-state index >= 15 is 0 Å². The lowest BCUT2D eigenvalue weighted by Crippen LogP contribution is -2.39. The summed E-state index contributed by atoms with van der Waals surface area (Å²) in [7, 11) is 1.66. The molecule has 0 aliphatic heterocycles. The minimum Gasteiger partial charge on any atom is -0.496 e. The summed E-state index contributed by atoms with van der Waals surface area (Å²) in [6.45, 7) is 3.07. The Morgan fingerprint density at radius 1 is 1.50 bits per heavy atom. The van der Waals surface area contributed by atoms with Crippen LogP contribution in [0.3, 0.4) is 0 Å². The molecule has 0 saturated carbocycles. The summed E-state index contributed by atoms with van der Waals surface area (Å²) in [5.74, 6) is 1.57. The van der Waals surface area contributed by atoms with Crippen molar-refractivity contribution in [2.75, 3.05) is 25.7 Å². The normalized spacial score (nSPS) is 14.3. The summed E-state index contributed by atoms with van der Waals surface area (Å²) >= 11 is 5.09. The zero-order valence-corrected chi connectivity index (χ0v) is 13.4. The molecular weight excluding hydrogens is 314 g/mol. The molecule has 1 unspecified atom stereocenters. The van der Waals surface area contributed by atoms with Crippen LogP contribution < -0.4 is 10.1 Å². The fourth-order valence-electron chi connectivity index (χ4n) is 1.71. The van der Waals surface area contributed by atoms with Crippen molar-refractivity contribution in [1.82, 2.24) is 5.32 Å². The van der Waals surface area contributed by atoms with Crippen LogP contribution in [-0.4, -0.2) is 36.4 Å². The van der Waals surface area contributed by atoms with E-state index in [9.17, 15) is 5.11 Å². The topological polar surface area (TPSA) is 41.5 Å². The first kappa shape index (κ1) is 15.8. The highest BCUT2D eigenvalue weighted by molar-refractivity contribution is 9.10. The van der Waals surface area contributed by atoms with Gasteiger partial charge in [0.1, 0.15) is 5.75 Å². The number of hydrogen-bond acceptors (Lipinski definition) is 4. The predicted molar refractivity (Wildman–Crippen MR) is 81.4 cm³/mol. The molecule has 102 valence electrons. The van der Waals surface area contributed by atoms with Crippen LogP contribution in [0.2, 0.25) is 0 Å². The van der Waals surface area contributed by atoms with Gasteiger partial charge >= 0.3 is 0 Å².